The first-order valence-corrected chi connectivity index (χ1v) is 2.86. The Balaban J connectivity index is 3.43. The van der Waals surface area contributed by atoms with Crippen molar-refractivity contribution in [1.82, 2.24) is 4.57 Å². The number of aryl methyl sites for hydroxylation is 2. The average molecular weight is 141 g/mol. The molecule has 4 heteroatoms. The minimum absolute atomic E-state index is 0.0714. The zero-order chi connectivity index (χ0) is 7.72. The normalized spacial score (nSPS) is 9.80. The highest BCUT2D eigenvalue weighted by Gasteiger charge is 2.04. The first kappa shape index (κ1) is 6.80. The van der Waals surface area contributed by atoms with Crippen LogP contribution in [0.25, 0.3) is 0 Å². The van der Waals surface area contributed by atoms with Gasteiger partial charge in [-0.25, -0.2) is 0 Å². The van der Waals surface area contributed by atoms with E-state index in [9.17, 15) is 4.79 Å². The van der Waals surface area contributed by atoms with E-state index in [-0.39, 0.29) is 11.4 Å². The summed E-state index contributed by atoms with van der Waals surface area (Å²) in [7, 11) is 3.19. The standard InChI is InChI=1S/C6H8N2O2/c1-7-3-6(10)8(2)4-5(7)9/h3-4H,1-2H3/p+1. The molecule has 1 heterocycles. The van der Waals surface area contributed by atoms with Crippen LogP contribution in [0.4, 0.5) is 0 Å². The summed E-state index contributed by atoms with van der Waals surface area (Å²) in [4.78, 5) is 10.8. The molecule has 1 aromatic heterocycles. The fourth-order valence-electron chi connectivity index (χ4n) is 0.651. The van der Waals surface area contributed by atoms with Gasteiger partial charge >= 0.3 is 11.4 Å². The lowest BCUT2D eigenvalue weighted by Crippen LogP contribution is -2.35. The summed E-state index contributed by atoms with van der Waals surface area (Å²) in [6.07, 6.45) is 2.68. The molecule has 54 valence electrons. The van der Waals surface area contributed by atoms with Gasteiger partial charge in [0.25, 0.3) is 0 Å². The van der Waals surface area contributed by atoms with E-state index in [1.54, 1.807) is 14.1 Å². The smallest absolute Gasteiger partial charge is 0.382 e. The predicted molar refractivity (Wildman–Crippen MR) is 34.5 cm³/mol. The van der Waals surface area contributed by atoms with E-state index in [4.69, 9.17) is 5.11 Å². The van der Waals surface area contributed by atoms with E-state index in [0.29, 0.717) is 0 Å². The van der Waals surface area contributed by atoms with Crippen molar-refractivity contribution in [3.05, 3.63) is 22.7 Å². The molecule has 0 saturated heterocycles. The van der Waals surface area contributed by atoms with Crippen molar-refractivity contribution < 1.29 is 9.67 Å². The first-order chi connectivity index (χ1) is 4.61. The average Bonchev–Trinajstić information content (AvgIpc) is 1.84. The molecule has 0 fully saturated rings. The second kappa shape index (κ2) is 2.13. The lowest BCUT2D eigenvalue weighted by atomic mass is 10.6. The Hall–Kier alpha value is -1.32. The minimum atomic E-state index is -0.139. The molecular weight excluding hydrogens is 132 g/mol. The Bertz CT molecular complexity index is 303. The third-order valence-electron chi connectivity index (χ3n) is 1.32. The molecular formula is C6H9N2O2+. The Morgan fingerprint density at radius 1 is 1.70 bits per heavy atom. The van der Waals surface area contributed by atoms with Crippen LogP contribution in [-0.4, -0.2) is 9.67 Å². The van der Waals surface area contributed by atoms with Gasteiger partial charge in [-0.05, 0) is 0 Å². The van der Waals surface area contributed by atoms with Gasteiger partial charge in [0, 0.05) is 7.05 Å². The summed E-state index contributed by atoms with van der Waals surface area (Å²) in [5, 5.41) is 9.03. The van der Waals surface area contributed by atoms with Gasteiger partial charge in [-0.3, -0.25) is 4.79 Å². The maximum Gasteiger partial charge on any atom is 0.382 e. The molecule has 0 aliphatic heterocycles. The summed E-state index contributed by atoms with van der Waals surface area (Å²) in [6, 6.07) is 0. The highest BCUT2D eigenvalue weighted by Crippen LogP contribution is 1.90. The highest BCUT2D eigenvalue weighted by molar-refractivity contribution is 4.91. The van der Waals surface area contributed by atoms with E-state index >= 15 is 0 Å². The molecule has 0 unspecified atom stereocenters. The second-order valence-corrected chi connectivity index (χ2v) is 2.18. The SMILES string of the molecule is Cn1cc(O)[n+](C)cc1=O. The van der Waals surface area contributed by atoms with Crippen LogP contribution in [0.3, 0.4) is 0 Å². The fourth-order valence-corrected chi connectivity index (χ4v) is 0.651. The number of hydrogen-bond acceptors (Lipinski definition) is 2. The predicted octanol–water partition coefficient (Wildman–Crippen LogP) is -1.08. The molecule has 0 atom stereocenters. The van der Waals surface area contributed by atoms with Crippen LogP contribution >= 0.6 is 0 Å². The third kappa shape index (κ3) is 1.00. The largest absolute Gasteiger partial charge is 0.459 e. The minimum Gasteiger partial charge on any atom is -0.459 e. The molecule has 10 heavy (non-hydrogen) atoms. The Morgan fingerprint density at radius 2 is 2.30 bits per heavy atom. The van der Waals surface area contributed by atoms with Crippen LogP contribution in [0.5, 0.6) is 5.88 Å². The zero-order valence-electron chi connectivity index (χ0n) is 5.90. The van der Waals surface area contributed by atoms with E-state index in [0.717, 1.165) is 0 Å². The summed E-state index contributed by atoms with van der Waals surface area (Å²) < 4.78 is 2.68. The van der Waals surface area contributed by atoms with Gasteiger partial charge in [0.1, 0.15) is 13.2 Å². The van der Waals surface area contributed by atoms with Crippen molar-refractivity contribution in [3.8, 4) is 5.88 Å². The van der Waals surface area contributed by atoms with Crippen molar-refractivity contribution in [2.45, 2.75) is 0 Å². The Kier molecular flexibility index (Phi) is 1.45. The van der Waals surface area contributed by atoms with E-state index < -0.39 is 0 Å². The van der Waals surface area contributed by atoms with Gasteiger partial charge in [-0.15, -0.1) is 0 Å². The number of aromatic hydroxyl groups is 1. The molecule has 0 saturated carbocycles. The molecule has 4 nitrogen and oxygen atoms in total. The maximum absolute atomic E-state index is 10.8. The molecule has 0 aliphatic rings. The van der Waals surface area contributed by atoms with Crippen LogP contribution < -0.4 is 10.1 Å². The van der Waals surface area contributed by atoms with Crippen molar-refractivity contribution in [1.29, 1.82) is 0 Å². The Morgan fingerprint density at radius 3 is 2.80 bits per heavy atom. The monoisotopic (exact) mass is 141 g/mol. The number of aromatic nitrogens is 2. The summed E-state index contributed by atoms with van der Waals surface area (Å²) in [6.45, 7) is 0. The van der Waals surface area contributed by atoms with Crippen molar-refractivity contribution in [2.75, 3.05) is 0 Å². The topological polar surface area (TPSA) is 46.1 Å². The summed E-state index contributed by atoms with van der Waals surface area (Å²) in [5.41, 5.74) is -0.139. The lowest BCUT2D eigenvalue weighted by Gasteiger charge is -1.93. The highest BCUT2D eigenvalue weighted by atomic mass is 16.3. The summed E-state index contributed by atoms with van der Waals surface area (Å²) in [5.74, 6) is 0.0714. The molecule has 0 amide bonds. The van der Waals surface area contributed by atoms with Crippen LogP contribution in [0.1, 0.15) is 0 Å². The van der Waals surface area contributed by atoms with Gasteiger partial charge in [-0.1, -0.05) is 0 Å². The number of hydrogen-bond donors (Lipinski definition) is 1. The van der Waals surface area contributed by atoms with Crippen LogP contribution in [0, 0.1) is 0 Å². The van der Waals surface area contributed by atoms with Crippen molar-refractivity contribution >= 4 is 0 Å². The molecule has 0 aliphatic carbocycles. The van der Waals surface area contributed by atoms with Crippen LogP contribution in [0.2, 0.25) is 0 Å². The molecule has 1 aromatic rings. The van der Waals surface area contributed by atoms with Gasteiger partial charge in [0.05, 0.1) is 0 Å². The van der Waals surface area contributed by atoms with Crippen molar-refractivity contribution in [3.63, 3.8) is 0 Å². The molecule has 0 aromatic carbocycles. The number of nitrogens with zero attached hydrogens (tertiary/aromatic N) is 2. The van der Waals surface area contributed by atoms with Crippen LogP contribution in [-0.2, 0) is 14.1 Å². The molecule has 1 N–H and O–H groups in total. The number of rotatable bonds is 0. The lowest BCUT2D eigenvalue weighted by molar-refractivity contribution is -0.679. The molecule has 0 bridgehead atoms. The first-order valence-electron chi connectivity index (χ1n) is 2.86. The van der Waals surface area contributed by atoms with Crippen molar-refractivity contribution in [2.24, 2.45) is 14.1 Å². The molecule has 0 spiro atoms. The fraction of sp³-hybridized carbons (Fsp3) is 0.333. The molecule has 1 rings (SSSR count). The van der Waals surface area contributed by atoms with E-state index in [1.165, 1.54) is 21.5 Å². The van der Waals surface area contributed by atoms with Gasteiger partial charge in [-0.2, -0.15) is 4.57 Å². The summed E-state index contributed by atoms with van der Waals surface area (Å²) >= 11 is 0. The maximum atomic E-state index is 10.8. The van der Waals surface area contributed by atoms with Crippen LogP contribution in [0.15, 0.2) is 17.2 Å². The van der Waals surface area contributed by atoms with Gasteiger partial charge < -0.3 is 9.67 Å². The van der Waals surface area contributed by atoms with E-state index in [2.05, 4.69) is 0 Å². The van der Waals surface area contributed by atoms with Gasteiger partial charge in [0.15, 0.2) is 0 Å². The zero-order valence-corrected chi connectivity index (χ0v) is 5.90. The van der Waals surface area contributed by atoms with E-state index in [1.807, 2.05) is 0 Å². The molecule has 0 radical (unpaired) electrons. The quantitative estimate of drug-likeness (QED) is 0.467. The second-order valence-electron chi connectivity index (χ2n) is 2.18. The van der Waals surface area contributed by atoms with Gasteiger partial charge in [0.2, 0.25) is 6.20 Å². The third-order valence-corrected chi connectivity index (χ3v) is 1.32. The Labute approximate surface area is 58.0 Å².